The van der Waals surface area contributed by atoms with E-state index in [1.165, 1.54) is 12.1 Å². The maximum absolute atomic E-state index is 12.5. The third-order valence-corrected chi connectivity index (χ3v) is 6.56. The second-order valence-electron chi connectivity index (χ2n) is 8.20. The van der Waals surface area contributed by atoms with Crippen LogP contribution in [0, 0.1) is 0 Å². The molecule has 3 aromatic rings. The number of hydrogen-bond acceptors (Lipinski definition) is 4. The Bertz CT molecular complexity index is 1210. The number of ether oxygens (including phenoxy) is 1. The molecule has 9 heteroatoms. The van der Waals surface area contributed by atoms with Crippen molar-refractivity contribution >= 4 is 19.7 Å². The van der Waals surface area contributed by atoms with Crippen LogP contribution < -0.4 is 5.32 Å². The van der Waals surface area contributed by atoms with E-state index in [2.05, 4.69) is 5.32 Å². The number of carbonyl (C=O) groups excluding carboxylic acids is 1. The van der Waals surface area contributed by atoms with E-state index < -0.39 is 31.9 Å². The first-order valence-corrected chi connectivity index (χ1v) is 12.5. The molecule has 1 atom stereocenters. The number of amides is 1. The molecule has 0 saturated heterocycles. The lowest BCUT2D eigenvalue weighted by atomic mass is 9.98. The molecule has 4 rings (SSSR count). The number of carbonyl (C=O) groups is 2. The highest BCUT2D eigenvalue weighted by Gasteiger charge is 2.29. The van der Waals surface area contributed by atoms with Gasteiger partial charge in [0.25, 0.3) is 0 Å². The number of aliphatic carboxylic acids is 1. The quantitative estimate of drug-likeness (QED) is 0.359. The normalized spacial score (nSPS) is 13.6. The molecule has 0 fully saturated rings. The van der Waals surface area contributed by atoms with Gasteiger partial charge in [0.15, 0.2) is 0 Å². The maximum atomic E-state index is 12.5. The lowest BCUT2D eigenvalue weighted by Gasteiger charge is -2.17. The van der Waals surface area contributed by atoms with E-state index in [1.54, 1.807) is 12.1 Å². The average Bonchev–Trinajstić information content (AvgIpc) is 3.11. The van der Waals surface area contributed by atoms with Crippen molar-refractivity contribution in [2.24, 2.45) is 0 Å². The highest BCUT2D eigenvalue weighted by Crippen LogP contribution is 2.44. The van der Waals surface area contributed by atoms with Crippen molar-refractivity contribution in [3.8, 4) is 11.1 Å². The summed E-state index contributed by atoms with van der Waals surface area (Å²) in [5, 5.41) is 12.0. The van der Waals surface area contributed by atoms with Gasteiger partial charge in [-0.1, -0.05) is 72.8 Å². The molecule has 0 heterocycles. The summed E-state index contributed by atoms with van der Waals surface area (Å²) < 4.78 is 16.6. The van der Waals surface area contributed by atoms with Crippen LogP contribution in [-0.4, -0.2) is 39.6 Å². The zero-order valence-corrected chi connectivity index (χ0v) is 19.0. The summed E-state index contributed by atoms with van der Waals surface area (Å²) in [4.78, 5) is 42.3. The molecule has 0 aliphatic heterocycles. The standard InChI is InChI=1S/C25H24NO7P/c27-24(28)23(13-16-9-11-17(12-10-16)15-34(30,31)32)26-25(29)33-14-22-20-7-3-1-5-18(20)19-6-2-4-8-21(19)22/h1-12,22-23H,13-15H2,(H,26,29)(H,27,28)(H2,30,31,32)/t23-/m1/s1. The Morgan fingerprint density at radius 3 is 1.94 bits per heavy atom. The molecular formula is C25H24NO7P. The van der Waals surface area contributed by atoms with Crippen LogP contribution in [0.1, 0.15) is 28.2 Å². The molecule has 0 bridgehead atoms. The first-order chi connectivity index (χ1) is 16.2. The van der Waals surface area contributed by atoms with E-state index in [0.717, 1.165) is 22.3 Å². The van der Waals surface area contributed by atoms with Gasteiger partial charge < -0.3 is 24.9 Å². The number of carboxylic acids is 1. The van der Waals surface area contributed by atoms with Gasteiger partial charge in [-0.25, -0.2) is 9.59 Å². The molecule has 0 aromatic heterocycles. The van der Waals surface area contributed by atoms with Crippen LogP contribution in [0.5, 0.6) is 0 Å². The first-order valence-electron chi connectivity index (χ1n) is 10.7. The van der Waals surface area contributed by atoms with Gasteiger partial charge in [-0.2, -0.15) is 0 Å². The molecule has 0 spiro atoms. The summed E-state index contributed by atoms with van der Waals surface area (Å²) >= 11 is 0. The summed E-state index contributed by atoms with van der Waals surface area (Å²) in [5.74, 6) is -1.35. The Morgan fingerprint density at radius 1 is 0.882 bits per heavy atom. The lowest BCUT2D eigenvalue weighted by Crippen LogP contribution is -2.42. The fourth-order valence-corrected chi connectivity index (χ4v) is 4.92. The molecule has 8 nitrogen and oxygen atoms in total. The molecule has 4 N–H and O–H groups in total. The summed E-state index contributed by atoms with van der Waals surface area (Å²) in [6, 6.07) is 20.8. The third-order valence-electron chi connectivity index (χ3n) is 5.79. The number of benzene rings is 3. The highest BCUT2D eigenvalue weighted by molar-refractivity contribution is 7.50. The monoisotopic (exact) mass is 481 g/mol. The Hall–Kier alpha value is -3.45. The van der Waals surface area contributed by atoms with Crippen molar-refractivity contribution in [2.45, 2.75) is 24.5 Å². The minimum Gasteiger partial charge on any atom is -0.480 e. The Balaban J connectivity index is 1.39. The fraction of sp³-hybridized carbons (Fsp3) is 0.200. The number of rotatable bonds is 8. The molecule has 1 aliphatic rings. The van der Waals surface area contributed by atoms with Crippen LogP contribution in [-0.2, 0) is 26.7 Å². The van der Waals surface area contributed by atoms with Crippen molar-refractivity contribution in [1.82, 2.24) is 5.32 Å². The summed E-state index contributed by atoms with van der Waals surface area (Å²) in [7, 11) is -4.19. The third kappa shape index (κ3) is 5.54. The van der Waals surface area contributed by atoms with Crippen LogP contribution in [0.25, 0.3) is 11.1 Å². The van der Waals surface area contributed by atoms with E-state index in [1.807, 2.05) is 48.5 Å². The highest BCUT2D eigenvalue weighted by atomic mass is 31.2. The molecule has 3 aromatic carbocycles. The first kappa shape index (κ1) is 23.7. The molecular weight excluding hydrogens is 457 g/mol. The van der Waals surface area contributed by atoms with Gasteiger partial charge in [0.05, 0.1) is 6.16 Å². The molecule has 34 heavy (non-hydrogen) atoms. The van der Waals surface area contributed by atoms with Crippen LogP contribution in [0.3, 0.4) is 0 Å². The van der Waals surface area contributed by atoms with E-state index in [0.29, 0.717) is 11.1 Å². The zero-order chi connectivity index (χ0) is 24.3. The minimum absolute atomic E-state index is 0.00425. The van der Waals surface area contributed by atoms with Crippen LogP contribution in [0.4, 0.5) is 4.79 Å². The number of carboxylic acid groups (broad SMARTS) is 1. The van der Waals surface area contributed by atoms with Crippen molar-refractivity contribution in [3.63, 3.8) is 0 Å². The zero-order valence-electron chi connectivity index (χ0n) is 18.1. The van der Waals surface area contributed by atoms with Crippen molar-refractivity contribution in [1.29, 1.82) is 0 Å². The number of hydrogen-bond donors (Lipinski definition) is 4. The van der Waals surface area contributed by atoms with Gasteiger partial charge in [-0.3, -0.25) is 4.57 Å². The van der Waals surface area contributed by atoms with Crippen LogP contribution in [0.2, 0.25) is 0 Å². The van der Waals surface area contributed by atoms with Gasteiger partial charge in [0, 0.05) is 12.3 Å². The van der Waals surface area contributed by atoms with Gasteiger partial charge >= 0.3 is 19.7 Å². The Morgan fingerprint density at radius 2 is 1.41 bits per heavy atom. The van der Waals surface area contributed by atoms with Gasteiger partial charge in [-0.15, -0.1) is 0 Å². The topological polar surface area (TPSA) is 133 Å². The Labute approximate surface area is 196 Å². The van der Waals surface area contributed by atoms with Crippen molar-refractivity contribution < 1.29 is 33.8 Å². The van der Waals surface area contributed by atoms with Crippen LogP contribution in [0.15, 0.2) is 72.8 Å². The lowest BCUT2D eigenvalue weighted by molar-refractivity contribution is -0.139. The SMILES string of the molecule is O=C(N[C@H](Cc1ccc(CP(=O)(O)O)cc1)C(=O)O)OCC1c2ccccc2-c2ccccc21. The number of fused-ring (bicyclic) bond motifs is 3. The Kier molecular flexibility index (Phi) is 6.84. The van der Waals surface area contributed by atoms with Crippen molar-refractivity contribution in [2.75, 3.05) is 6.61 Å². The largest absolute Gasteiger partial charge is 0.480 e. The van der Waals surface area contributed by atoms with Gasteiger partial charge in [0.2, 0.25) is 0 Å². The number of alkyl carbamates (subject to hydrolysis) is 1. The van der Waals surface area contributed by atoms with E-state index in [-0.39, 0.29) is 18.9 Å². The molecule has 1 amide bonds. The minimum atomic E-state index is -4.19. The summed E-state index contributed by atoms with van der Waals surface area (Å²) in [6.07, 6.45) is -1.23. The van der Waals surface area contributed by atoms with Gasteiger partial charge in [-0.05, 0) is 33.4 Å². The van der Waals surface area contributed by atoms with Crippen molar-refractivity contribution in [3.05, 3.63) is 95.1 Å². The molecule has 0 unspecified atom stereocenters. The number of nitrogens with one attached hydrogen (secondary N) is 1. The molecule has 176 valence electrons. The predicted molar refractivity (Wildman–Crippen MR) is 126 cm³/mol. The molecule has 0 saturated carbocycles. The van der Waals surface area contributed by atoms with Crippen LogP contribution >= 0.6 is 7.60 Å². The summed E-state index contributed by atoms with van der Waals surface area (Å²) in [5.41, 5.74) is 5.34. The molecule has 0 radical (unpaired) electrons. The average molecular weight is 481 g/mol. The second kappa shape index (κ2) is 9.81. The smallest absolute Gasteiger partial charge is 0.407 e. The van der Waals surface area contributed by atoms with E-state index in [9.17, 15) is 19.3 Å². The predicted octanol–water partition coefficient (Wildman–Crippen LogP) is 3.90. The maximum Gasteiger partial charge on any atom is 0.407 e. The van der Waals surface area contributed by atoms with E-state index >= 15 is 0 Å². The molecule has 1 aliphatic carbocycles. The summed E-state index contributed by atoms with van der Waals surface area (Å²) in [6.45, 7) is 0.0727. The van der Waals surface area contributed by atoms with E-state index in [4.69, 9.17) is 14.5 Å². The van der Waals surface area contributed by atoms with Gasteiger partial charge in [0.1, 0.15) is 12.6 Å². The second-order valence-corrected chi connectivity index (χ2v) is 9.85. The fourth-order valence-electron chi connectivity index (χ4n) is 4.24.